The molecule has 1 aliphatic rings. The molecule has 1 N–H and O–H groups in total. The minimum atomic E-state index is 0.327. The average molecular weight is 350 g/mol. The minimum Gasteiger partial charge on any atom is -0.306 e. The molecule has 0 radical (unpaired) electrons. The van der Waals surface area contributed by atoms with Crippen LogP contribution in [0.1, 0.15) is 54.1 Å². The van der Waals surface area contributed by atoms with Crippen LogP contribution in [0, 0.1) is 0 Å². The van der Waals surface area contributed by atoms with Gasteiger partial charge in [0, 0.05) is 14.7 Å². The summed E-state index contributed by atoms with van der Waals surface area (Å²) in [5, 5.41) is 5.83. The van der Waals surface area contributed by atoms with Crippen molar-refractivity contribution in [3.63, 3.8) is 0 Å². The average Bonchev–Trinajstić information content (AvgIpc) is 2.81. The van der Waals surface area contributed by atoms with Gasteiger partial charge in [-0.25, -0.2) is 0 Å². The molecule has 1 saturated carbocycles. The highest BCUT2D eigenvalue weighted by atomic mass is 79.9. The molecular formula is C17H20BrNS. The van der Waals surface area contributed by atoms with Crippen molar-refractivity contribution >= 4 is 27.3 Å². The van der Waals surface area contributed by atoms with Crippen LogP contribution in [0.25, 0.3) is 0 Å². The Hall–Kier alpha value is -0.640. The number of rotatable bonds is 5. The van der Waals surface area contributed by atoms with Gasteiger partial charge in [0.05, 0.1) is 6.04 Å². The first kappa shape index (κ1) is 14.3. The van der Waals surface area contributed by atoms with Crippen molar-refractivity contribution in [1.29, 1.82) is 0 Å². The zero-order valence-electron chi connectivity index (χ0n) is 11.7. The van der Waals surface area contributed by atoms with E-state index < -0.39 is 0 Å². The third kappa shape index (κ3) is 2.85. The molecule has 1 heterocycles. The largest absolute Gasteiger partial charge is 0.306 e. The summed E-state index contributed by atoms with van der Waals surface area (Å²) in [6.45, 7) is 3.17. The van der Waals surface area contributed by atoms with Crippen molar-refractivity contribution in [1.82, 2.24) is 5.32 Å². The molecule has 1 nitrogen and oxygen atoms in total. The van der Waals surface area contributed by atoms with Gasteiger partial charge < -0.3 is 5.32 Å². The smallest absolute Gasteiger partial charge is 0.0674 e. The Bertz CT molecular complexity index is 574. The zero-order chi connectivity index (χ0) is 13.9. The quantitative estimate of drug-likeness (QED) is 0.753. The van der Waals surface area contributed by atoms with Crippen molar-refractivity contribution in [2.45, 2.75) is 38.1 Å². The maximum atomic E-state index is 3.66. The molecule has 106 valence electrons. The van der Waals surface area contributed by atoms with Crippen LogP contribution in [0.15, 0.2) is 40.2 Å². The molecule has 3 heteroatoms. The number of nitrogens with one attached hydrogen (secondary N) is 1. The highest BCUT2D eigenvalue weighted by molar-refractivity contribution is 9.10. The number of hydrogen-bond donors (Lipinski definition) is 1. The van der Waals surface area contributed by atoms with E-state index in [2.05, 4.69) is 63.9 Å². The SMILES string of the molecule is CCNC(c1cc(Br)cs1)c1ccccc1C1CCC1. The summed E-state index contributed by atoms with van der Waals surface area (Å²) in [4.78, 5) is 1.39. The van der Waals surface area contributed by atoms with Crippen molar-refractivity contribution in [2.75, 3.05) is 6.54 Å². The van der Waals surface area contributed by atoms with E-state index in [1.807, 2.05) is 11.3 Å². The second kappa shape index (κ2) is 6.42. The Labute approximate surface area is 133 Å². The van der Waals surface area contributed by atoms with E-state index >= 15 is 0 Å². The van der Waals surface area contributed by atoms with E-state index in [9.17, 15) is 0 Å². The second-order valence-corrected chi connectivity index (χ2v) is 7.27. The number of halogens is 1. The van der Waals surface area contributed by atoms with Gasteiger partial charge in [-0.1, -0.05) is 37.6 Å². The van der Waals surface area contributed by atoms with Crippen molar-refractivity contribution < 1.29 is 0 Å². The Morgan fingerprint density at radius 2 is 2.15 bits per heavy atom. The molecule has 0 aliphatic heterocycles. The van der Waals surface area contributed by atoms with Crippen molar-refractivity contribution in [2.24, 2.45) is 0 Å². The minimum absolute atomic E-state index is 0.327. The molecule has 1 aliphatic carbocycles. The van der Waals surface area contributed by atoms with E-state index in [4.69, 9.17) is 0 Å². The standard InChI is InChI=1S/C17H20BrNS/c1-2-19-17(16-10-13(18)11-20-16)15-9-4-3-8-14(15)12-6-5-7-12/h3-4,8-12,17,19H,2,5-7H2,1H3. The normalized spacial score (nSPS) is 16.9. The monoisotopic (exact) mass is 349 g/mol. The number of thiophene rings is 1. The van der Waals surface area contributed by atoms with E-state index in [1.165, 1.54) is 34.2 Å². The van der Waals surface area contributed by atoms with Gasteiger partial charge in [0.25, 0.3) is 0 Å². The van der Waals surface area contributed by atoms with E-state index in [0.29, 0.717) is 6.04 Å². The van der Waals surface area contributed by atoms with Crippen molar-refractivity contribution in [3.8, 4) is 0 Å². The number of hydrogen-bond acceptors (Lipinski definition) is 2. The van der Waals surface area contributed by atoms with Gasteiger partial charge in [0.2, 0.25) is 0 Å². The van der Waals surface area contributed by atoms with Gasteiger partial charge >= 0.3 is 0 Å². The molecule has 0 spiro atoms. The zero-order valence-corrected chi connectivity index (χ0v) is 14.1. The van der Waals surface area contributed by atoms with Gasteiger partial charge in [-0.05, 0) is 58.4 Å². The first-order valence-electron chi connectivity index (χ1n) is 7.35. The summed E-state index contributed by atoms with van der Waals surface area (Å²) in [7, 11) is 0. The molecular weight excluding hydrogens is 330 g/mol. The van der Waals surface area contributed by atoms with Crippen LogP contribution in [-0.4, -0.2) is 6.54 Å². The Balaban J connectivity index is 1.98. The maximum absolute atomic E-state index is 3.66. The first-order valence-corrected chi connectivity index (χ1v) is 9.03. The fourth-order valence-electron chi connectivity index (χ4n) is 2.91. The van der Waals surface area contributed by atoms with Crippen LogP contribution in [0.5, 0.6) is 0 Å². The number of benzene rings is 1. The predicted molar refractivity (Wildman–Crippen MR) is 90.6 cm³/mol. The maximum Gasteiger partial charge on any atom is 0.0674 e. The third-order valence-corrected chi connectivity index (χ3v) is 5.89. The van der Waals surface area contributed by atoms with Crippen LogP contribution in [0.2, 0.25) is 0 Å². The summed E-state index contributed by atoms with van der Waals surface area (Å²) >= 11 is 5.41. The molecule has 3 rings (SSSR count). The first-order chi connectivity index (χ1) is 9.79. The highest BCUT2D eigenvalue weighted by Crippen LogP contribution is 2.41. The fraction of sp³-hybridized carbons (Fsp3) is 0.412. The molecule has 1 aromatic carbocycles. The second-order valence-electron chi connectivity index (χ2n) is 5.41. The predicted octanol–water partition coefficient (Wildman–Crippen LogP) is 5.48. The van der Waals surface area contributed by atoms with Crippen LogP contribution < -0.4 is 5.32 Å². The van der Waals surface area contributed by atoms with Crippen molar-refractivity contribution in [3.05, 3.63) is 56.2 Å². The summed E-state index contributed by atoms with van der Waals surface area (Å²) in [5.41, 5.74) is 3.02. The molecule has 1 atom stereocenters. The molecule has 0 bridgehead atoms. The lowest BCUT2D eigenvalue weighted by Gasteiger charge is -2.30. The van der Waals surface area contributed by atoms with Gasteiger partial charge in [0.15, 0.2) is 0 Å². The molecule has 1 fully saturated rings. The van der Waals surface area contributed by atoms with Crippen LogP contribution in [-0.2, 0) is 0 Å². The van der Waals surface area contributed by atoms with Gasteiger partial charge in [-0.3, -0.25) is 0 Å². The van der Waals surface area contributed by atoms with E-state index in [-0.39, 0.29) is 0 Å². The molecule has 20 heavy (non-hydrogen) atoms. The van der Waals surface area contributed by atoms with E-state index in [1.54, 1.807) is 5.56 Å². The topological polar surface area (TPSA) is 12.0 Å². The summed E-state index contributed by atoms with van der Waals surface area (Å²) in [6, 6.07) is 11.6. The molecule has 2 aromatic rings. The fourth-order valence-corrected chi connectivity index (χ4v) is 4.45. The Morgan fingerprint density at radius 1 is 1.35 bits per heavy atom. The molecule has 1 aromatic heterocycles. The summed E-state index contributed by atoms with van der Waals surface area (Å²) in [6.07, 6.45) is 4.09. The van der Waals surface area contributed by atoms with Crippen LogP contribution in [0.4, 0.5) is 0 Å². The lowest BCUT2D eigenvalue weighted by atomic mass is 9.77. The highest BCUT2D eigenvalue weighted by Gasteiger charge is 2.25. The molecule has 0 saturated heterocycles. The van der Waals surface area contributed by atoms with Gasteiger partial charge in [-0.2, -0.15) is 0 Å². The lowest BCUT2D eigenvalue weighted by Crippen LogP contribution is -2.24. The lowest BCUT2D eigenvalue weighted by molar-refractivity contribution is 0.414. The summed E-state index contributed by atoms with van der Waals surface area (Å²) < 4.78 is 1.18. The van der Waals surface area contributed by atoms with Crippen LogP contribution in [0.3, 0.4) is 0 Å². The molecule has 0 amide bonds. The third-order valence-electron chi connectivity index (χ3n) is 4.13. The Morgan fingerprint density at radius 3 is 2.75 bits per heavy atom. The van der Waals surface area contributed by atoms with Crippen LogP contribution >= 0.6 is 27.3 Å². The Kier molecular flexibility index (Phi) is 4.59. The van der Waals surface area contributed by atoms with Gasteiger partial charge in [0.1, 0.15) is 0 Å². The van der Waals surface area contributed by atoms with Gasteiger partial charge in [-0.15, -0.1) is 11.3 Å². The molecule has 1 unspecified atom stereocenters. The summed E-state index contributed by atoms with van der Waals surface area (Å²) in [5.74, 6) is 0.774. The van der Waals surface area contributed by atoms with E-state index in [0.717, 1.165) is 12.5 Å².